The molecule has 0 aliphatic heterocycles. The van der Waals surface area contributed by atoms with E-state index in [9.17, 15) is 19.2 Å². The van der Waals surface area contributed by atoms with Gasteiger partial charge in [-0.05, 0) is 25.7 Å². The number of carbonyl (C=O) groups is 4. The van der Waals surface area contributed by atoms with Crippen molar-refractivity contribution >= 4 is 35.8 Å². The predicted octanol–water partition coefficient (Wildman–Crippen LogP) is -3.15. The van der Waals surface area contributed by atoms with Crippen LogP contribution < -0.4 is 33.6 Å². The number of nitrogens with one attached hydrogen (secondary N) is 2. The normalized spacial score (nSPS) is 12.2. The summed E-state index contributed by atoms with van der Waals surface area (Å²) in [5.41, 5.74) is 20.9. The van der Waals surface area contributed by atoms with Crippen LogP contribution in [-0.4, -0.2) is 61.0 Å². The van der Waals surface area contributed by atoms with E-state index in [1.165, 1.54) is 6.92 Å². The summed E-state index contributed by atoms with van der Waals surface area (Å²) in [6, 6.07) is -1.92. The van der Waals surface area contributed by atoms with E-state index >= 15 is 0 Å². The van der Waals surface area contributed by atoms with E-state index in [0.717, 1.165) is 0 Å². The van der Waals surface area contributed by atoms with Crippen LogP contribution in [0.1, 0.15) is 32.6 Å². The SMILES string of the molecule is CC(=O)N[C@@H](CCCN=C(N)N)C(=O)N[C@@H](CCCN=C(N)N)C(=O)C=O. The van der Waals surface area contributed by atoms with Crippen LogP contribution in [0.4, 0.5) is 0 Å². The van der Waals surface area contributed by atoms with Crippen LogP contribution >= 0.6 is 0 Å². The van der Waals surface area contributed by atoms with E-state index in [-0.39, 0.29) is 44.1 Å². The predicted molar refractivity (Wildman–Crippen MR) is 100 cm³/mol. The lowest BCUT2D eigenvalue weighted by molar-refractivity contribution is -0.134. The molecular formula is C15H28N8O4. The third-order valence-corrected chi connectivity index (χ3v) is 3.36. The fourth-order valence-corrected chi connectivity index (χ4v) is 2.16. The van der Waals surface area contributed by atoms with Gasteiger partial charge in [0.1, 0.15) is 6.04 Å². The van der Waals surface area contributed by atoms with Crippen molar-refractivity contribution < 1.29 is 19.2 Å². The molecule has 0 aromatic heterocycles. The quantitative estimate of drug-likeness (QED) is 0.0624. The summed E-state index contributed by atoms with van der Waals surface area (Å²) < 4.78 is 0. The second kappa shape index (κ2) is 13.1. The maximum atomic E-state index is 12.4. The average Bonchev–Trinajstić information content (AvgIpc) is 2.58. The van der Waals surface area contributed by atoms with Gasteiger partial charge in [-0.1, -0.05) is 0 Å². The van der Waals surface area contributed by atoms with Gasteiger partial charge in [0.2, 0.25) is 17.6 Å². The van der Waals surface area contributed by atoms with Gasteiger partial charge >= 0.3 is 0 Å². The van der Waals surface area contributed by atoms with Crippen LogP contribution in [0.5, 0.6) is 0 Å². The number of Topliss-reactive ketones (excluding diaryl/α,β-unsaturated/α-hetero) is 1. The summed E-state index contributed by atoms with van der Waals surface area (Å²) in [6.07, 6.45) is 1.35. The lowest BCUT2D eigenvalue weighted by atomic mass is 10.1. The zero-order valence-electron chi connectivity index (χ0n) is 15.3. The molecule has 0 rings (SSSR count). The third-order valence-electron chi connectivity index (χ3n) is 3.36. The maximum absolute atomic E-state index is 12.4. The molecule has 0 aliphatic rings. The second-order valence-electron chi connectivity index (χ2n) is 5.73. The molecule has 2 amide bonds. The number of nitrogens with zero attached hydrogens (tertiary/aromatic N) is 2. The Balaban J connectivity index is 4.87. The summed E-state index contributed by atoms with van der Waals surface area (Å²) in [5, 5.41) is 4.98. The van der Waals surface area contributed by atoms with Gasteiger partial charge in [-0.15, -0.1) is 0 Å². The molecule has 0 heterocycles. The van der Waals surface area contributed by atoms with Crippen molar-refractivity contribution in [1.29, 1.82) is 0 Å². The highest BCUT2D eigenvalue weighted by molar-refractivity contribution is 6.28. The fraction of sp³-hybridized carbons (Fsp3) is 0.600. The summed E-state index contributed by atoms with van der Waals surface area (Å²) in [6.45, 7) is 1.79. The second-order valence-corrected chi connectivity index (χ2v) is 5.73. The lowest BCUT2D eigenvalue weighted by Crippen LogP contribution is -2.51. The van der Waals surface area contributed by atoms with Gasteiger partial charge < -0.3 is 33.6 Å². The number of amides is 2. The Kier molecular flexibility index (Phi) is 11.5. The Hall–Kier alpha value is -3.18. The number of nitrogens with two attached hydrogens (primary N) is 4. The molecule has 27 heavy (non-hydrogen) atoms. The Morgan fingerprint density at radius 2 is 1.37 bits per heavy atom. The highest BCUT2D eigenvalue weighted by atomic mass is 16.2. The monoisotopic (exact) mass is 384 g/mol. The third kappa shape index (κ3) is 11.9. The van der Waals surface area contributed by atoms with Gasteiger partial charge in [-0.25, -0.2) is 0 Å². The number of aldehydes is 1. The molecule has 12 heteroatoms. The van der Waals surface area contributed by atoms with Gasteiger partial charge in [-0.3, -0.25) is 29.2 Å². The molecule has 0 saturated heterocycles. The molecule has 0 bridgehead atoms. The molecule has 0 fully saturated rings. The molecule has 0 aliphatic carbocycles. The lowest BCUT2D eigenvalue weighted by Gasteiger charge is -2.21. The summed E-state index contributed by atoms with van der Waals surface area (Å²) >= 11 is 0. The zero-order valence-corrected chi connectivity index (χ0v) is 15.3. The van der Waals surface area contributed by atoms with E-state index in [4.69, 9.17) is 22.9 Å². The smallest absolute Gasteiger partial charge is 0.243 e. The van der Waals surface area contributed by atoms with Crippen molar-refractivity contribution in [2.75, 3.05) is 13.1 Å². The van der Waals surface area contributed by atoms with Crippen LogP contribution in [-0.2, 0) is 19.2 Å². The molecule has 0 aromatic rings. The van der Waals surface area contributed by atoms with Crippen molar-refractivity contribution in [1.82, 2.24) is 10.6 Å². The number of hydrogen-bond acceptors (Lipinski definition) is 6. The molecular weight excluding hydrogens is 356 g/mol. The first-order valence-corrected chi connectivity index (χ1v) is 8.34. The fourth-order valence-electron chi connectivity index (χ4n) is 2.16. The number of aliphatic imine (C=N–C) groups is 2. The van der Waals surface area contributed by atoms with Gasteiger partial charge in [-0.2, -0.15) is 0 Å². The Bertz CT molecular complexity index is 582. The molecule has 152 valence electrons. The maximum Gasteiger partial charge on any atom is 0.243 e. The van der Waals surface area contributed by atoms with Crippen molar-refractivity contribution in [3.8, 4) is 0 Å². The minimum absolute atomic E-state index is 0.0760. The van der Waals surface area contributed by atoms with Crippen molar-refractivity contribution in [3.05, 3.63) is 0 Å². The highest BCUT2D eigenvalue weighted by Crippen LogP contribution is 2.03. The summed E-state index contributed by atoms with van der Waals surface area (Å²) in [5.74, 6) is -1.95. The zero-order chi connectivity index (χ0) is 20.8. The van der Waals surface area contributed by atoms with Crippen LogP contribution in [0.25, 0.3) is 0 Å². The summed E-state index contributed by atoms with van der Waals surface area (Å²) in [4.78, 5) is 53.9. The highest BCUT2D eigenvalue weighted by Gasteiger charge is 2.25. The molecule has 0 saturated carbocycles. The standard InChI is InChI=1S/C15H28N8O4/c1-9(25)22-11(5-3-7-21-15(18)19)13(27)23-10(12(26)8-24)4-2-6-20-14(16)17/h8,10-11H,2-7H2,1H3,(H,22,25)(H,23,27)(H4,16,17,20)(H4,18,19,21)/t10-,11-/m0/s1. The van der Waals surface area contributed by atoms with Crippen LogP contribution in [0.15, 0.2) is 9.98 Å². The van der Waals surface area contributed by atoms with Crippen LogP contribution in [0.3, 0.4) is 0 Å². The topological polar surface area (TPSA) is 221 Å². The minimum atomic E-state index is -1.03. The van der Waals surface area contributed by atoms with Gasteiger partial charge in [0.25, 0.3) is 0 Å². The van der Waals surface area contributed by atoms with Crippen LogP contribution in [0.2, 0.25) is 0 Å². The van der Waals surface area contributed by atoms with Gasteiger partial charge in [0.05, 0.1) is 6.04 Å². The van der Waals surface area contributed by atoms with Crippen molar-refractivity contribution in [2.24, 2.45) is 32.9 Å². The molecule has 0 radical (unpaired) electrons. The first kappa shape index (κ1) is 23.8. The molecule has 10 N–H and O–H groups in total. The first-order valence-electron chi connectivity index (χ1n) is 8.34. The number of carbonyl (C=O) groups excluding carboxylic acids is 4. The number of rotatable bonds is 13. The largest absolute Gasteiger partial charge is 0.370 e. The Morgan fingerprint density at radius 3 is 1.78 bits per heavy atom. The Labute approximate surface area is 157 Å². The number of hydrogen-bond donors (Lipinski definition) is 6. The summed E-state index contributed by atoms with van der Waals surface area (Å²) in [7, 11) is 0. The molecule has 0 unspecified atom stereocenters. The van der Waals surface area contributed by atoms with E-state index in [2.05, 4.69) is 20.6 Å². The first-order chi connectivity index (χ1) is 12.7. The van der Waals surface area contributed by atoms with Gasteiger partial charge in [0.15, 0.2) is 18.2 Å². The van der Waals surface area contributed by atoms with E-state index in [1.54, 1.807) is 0 Å². The molecule has 2 atom stereocenters. The van der Waals surface area contributed by atoms with Crippen molar-refractivity contribution in [2.45, 2.75) is 44.7 Å². The van der Waals surface area contributed by atoms with E-state index < -0.39 is 29.7 Å². The molecule has 0 spiro atoms. The molecule has 0 aromatic carbocycles. The van der Waals surface area contributed by atoms with E-state index in [1.807, 2.05) is 0 Å². The van der Waals surface area contributed by atoms with Crippen molar-refractivity contribution in [3.63, 3.8) is 0 Å². The molecule has 12 nitrogen and oxygen atoms in total. The number of ketones is 1. The number of guanidine groups is 2. The Morgan fingerprint density at radius 1 is 0.889 bits per heavy atom. The van der Waals surface area contributed by atoms with Gasteiger partial charge in [0, 0.05) is 20.0 Å². The van der Waals surface area contributed by atoms with Crippen LogP contribution in [0, 0.1) is 0 Å². The van der Waals surface area contributed by atoms with E-state index in [0.29, 0.717) is 12.8 Å². The minimum Gasteiger partial charge on any atom is -0.370 e. The average molecular weight is 384 g/mol.